The number of carbonyl (C=O) groups excluding carboxylic acids is 1. The summed E-state index contributed by atoms with van der Waals surface area (Å²) in [7, 11) is 0. The van der Waals surface area contributed by atoms with Crippen molar-refractivity contribution < 1.29 is 4.79 Å². The summed E-state index contributed by atoms with van der Waals surface area (Å²) >= 11 is 0. The van der Waals surface area contributed by atoms with Gasteiger partial charge in [0.05, 0.1) is 0 Å². The van der Waals surface area contributed by atoms with E-state index < -0.39 is 0 Å². The molecule has 0 amide bonds. The molecule has 0 aliphatic rings. The van der Waals surface area contributed by atoms with Crippen LogP contribution in [0.2, 0.25) is 0 Å². The molecule has 0 atom stereocenters. The third-order valence-corrected chi connectivity index (χ3v) is 3.06. The fraction of sp³-hybridized carbons (Fsp3) is 0.105. The molecule has 0 aromatic heterocycles. The van der Waals surface area contributed by atoms with Gasteiger partial charge in [0.15, 0.2) is 5.78 Å². The van der Waals surface area contributed by atoms with Crippen molar-refractivity contribution in [1.82, 2.24) is 0 Å². The average Bonchev–Trinajstić information content (AvgIpc) is 2.52. The predicted octanol–water partition coefficient (Wildman–Crippen LogP) is 4.76. The average molecular weight is 262 g/mol. The van der Waals surface area contributed by atoms with Crippen LogP contribution in [0.1, 0.15) is 24.5 Å². The van der Waals surface area contributed by atoms with Crippen molar-refractivity contribution in [3.05, 3.63) is 83.4 Å². The van der Waals surface area contributed by atoms with Crippen LogP contribution in [0, 0.1) is 0 Å². The van der Waals surface area contributed by atoms with E-state index in [2.05, 4.69) is 0 Å². The van der Waals surface area contributed by atoms with E-state index in [1.165, 1.54) is 0 Å². The van der Waals surface area contributed by atoms with Crippen LogP contribution in [0.3, 0.4) is 0 Å². The first-order valence-corrected chi connectivity index (χ1v) is 6.82. The van der Waals surface area contributed by atoms with Crippen molar-refractivity contribution >= 4 is 17.9 Å². The molecule has 2 aromatic rings. The fourth-order valence-corrected chi connectivity index (χ4v) is 1.94. The molecule has 0 bridgehead atoms. The van der Waals surface area contributed by atoms with Crippen molar-refractivity contribution in [2.75, 3.05) is 0 Å². The molecule has 1 heteroatoms. The third-order valence-electron chi connectivity index (χ3n) is 3.06. The minimum Gasteiger partial charge on any atom is -0.290 e. The Morgan fingerprint density at radius 1 is 0.900 bits per heavy atom. The first-order chi connectivity index (χ1) is 9.79. The first kappa shape index (κ1) is 14.0. The highest BCUT2D eigenvalue weighted by Gasteiger charge is 2.03. The molecule has 100 valence electrons. The van der Waals surface area contributed by atoms with Crippen LogP contribution in [0.15, 0.2) is 72.3 Å². The number of hydrogen-bond acceptors (Lipinski definition) is 1. The quantitative estimate of drug-likeness (QED) is 0.710. The zero-order valence-electron chi connectivity index (χ0n) is 11.6. The van der Waals surface area contributed by atoms with E-state index in [4.69, 9.17) is 0 Å². The van der Waals surface area contributed by atoms with Crippen LogP contribution < -0.4 is 0 Å². The molecule has 2 aromatic carbocycles. The summed E-state index contributed by atoms with van der Waals surface area (Å²) in [4.78, 5) is 12.2. The van der Waals surface area contributed by atoms with E-state index in [0.29, 0.717) is 0 Å². The molecule has 0 aliphatic heterocycles. The Balaban J connectivity index is 2.14. The number of rotatable bonds is 5. The van der Waals surface area contributed by atoms with Crippen LogP contribution in [0.5, 0.6) is 0 Å². The molecule has 20 heavy (non-hydrogen) atoms. The Hall–Kier alpha value is -2.41. The van der Waals surface area contributed by atoms with Crippen molar-refractivity contribution in [1.29, 1.82) is 0 Å². The Bertz CT molecular complexity index is 607. The van der Waals surface area contributed by atoms with Crippen LogP contribution in [0.25, 0.3) is 12.2 Å². The molecule has 0 heterocycles. The maximum absolute atomic E-state index is 12.2. The smallest absolute Gasteiger partial charge is 0.181 e. The third kappa shape index (κ3) is 4.06. The molecule has 0 saturated heterocycles. The molecule has 0 radical (unpaired) electrons. The van der Waals surface area contributed by atoms with Gasteiger partial charge in [0, 0.05) is 0 Å². The summed E-state index contributed by atoms with van der Waals surface area (Å²) in [6, 6.07) is 19.8. The summed E-state index contributed by atoms with van der Waals surface area (Å²) in [6.45, 7) is 2.00. The van der Waals surface area contributed by atoms with Crippen molar-refractivity contribution in [3.63, 3.8) is 0 Å². The SMILES string of the molecule is CC/C(=C\c1ccccc1)C(=O)/C=C/c1ccccc1. The lowest BCUT2D eigenvalue weighted by Gasteiger charge is -2.00. The maximum Gasteiger partial charge on any atom is 0.181 e. The molecule has 0 aliphatic carbocycles. The monoisotopic (exact) mass is 262 g/mol. The number of benzene rings is 2. The molecular formula is C19H18O. The highest BCUT2D eigenvalue weighted by atomic mass is 16.1. The highest BCUT2D eigenvalue weighted by Crippen LogP contribution is 2.12. The Labute approximate surface area is 120 Å². The largest absolute Gasteiger partial charge is 0.290 e. The first-order valence-electron chi connectivity index (χ1n) is 6.82. The van der Waals surface area contributed by atoms with Crippen molar-refractivity contribution in [2.24, 2.45) is 0 Å². The van der Waals surface area contributed by atoms with E-state index in [1.807, 2.05) is 79.7 Å². The van der Waals surface area contributed by atoms with Gasteiger partial charge < -0.3 is 0 Å². The lowest BCUT2D eigenvalue weighted by Crippen LogP contribution is -1.97. The molecule has 2 rings (SSSR count). The summed E-state index contributed by atoms with van der Waals surface area (Å²) in [5.41, 5.74) is 2.92. The van der Waals surface area contributed by atoms with Crippen molar-refractivity contribution in [3.8, 4) is 0 Å². The van der Waals surface area contributed by atoms with Gasteiger partial charge in [-0.2, -0.15) is 0 Å². The fourth-order valence-electron chi connectivity index (χ4n) is 1.94. The second-order valence-corrected chi connectivity index (χ2v) is 4.54. The van der Waals surface area contributed by atoms with Gasteiger partial charge in [0.25, 0.3) is 0 Å². The zero-order valence-corrected chi connectivity index (χ0v) is 11.6. The topological polar surface area (TPSA) is 17.1 Å². The van der Waals surface area contributed by atoms with Crippen LogP contribution >= 0.6 is 0 Å². The van der Waals surface area contributed by atoms with Crippen LogP contribution in [-0.2, 0) is 4.79 Å². The normalized spacial score (nSPS) is 11.8. The number of ketones is 1. The van der Waals surface area contributed by atoms with Gasteiger partial charge in [-0.15, -0.1) is 0 Å². The molecular weight excluding hydrogens is 244 g/mol. The molecule has 0 fully saturated rings. The predicted molar refractivity (Wildman–Crippen MR) is 85.2 cm³/mol. The summed E-state index contributed by atoms with van der Waals surface area (Å²) in [5.74, 6) is 0.0696. The minimum atomic E-state index is 0.0696. The molecule has 0 spiro atoms. The van der Waals surface area contributed by atoms with Gasteiger partial charge in [-0.3, -0.25) is 4.79 Å². The van der Waals surface area contributed by atoms with E-state index in [-0.39, 0.29) is 5.78 Å². The molecule has 0 unspecified atom stereocenters. The Kier molecular flexibility index (Phi) is 5.08. The van der Waals surface area contributed by atoms with Gasteiger partial charge in [0.2, 0.25) is 0 Å². The van der Waals surface area contributed by atoms with Gasteiger partial charge in [0.1, 0.15) is 0 Å². The second kappa shape index (κ2) is 7.25. The van der Waals surface area contributed by atoms with E-state index >= 15 is 0 Å². The lowest BCUT2D eigenvalue weighted by molar-refractivity contribution is -0.111. The van der Waals surface area contributed by atoms with Crippen LogP contribution in [-0.4, -0.2) is 5.78 Å². The summed E-state index contributed by atoms with van der Waals surface area (Å²) in [5, 5.41) is 0. The van der Waals surface area contributed by atoms with Gasteiger partial charge in [-0.25, -0.2) is 0 Å². The summed E-state index contributed by atoms with van der Waals surface area (Å²) < 4.78 is 0. The molecule has 0 N–H and O–H groups in total. The molecule has 0 saturated carbocycles. The van der Waals surface area contributed by atoms with Crippen LogP contribution in [0.4, 0.5) is 0 Å². The minimum absolute atomic E-state index is 0.0696. The second-order valence-electron chi connectivity index (χ2n) is 4.54. The number of allylic oxidation sites excluding steroid dienone is 2. The van der Waals surface area contributed by atoms with Gasteiger partial charge >= 0.3 is 0 Å². The lowest BCUT2D eigenvalue weighted by atomic mass is 10.0. The van der Waals surface area contributed by atoms with Gasteiger partial charge in [-0.1, -0.05) is 73.7 Å². The Morgan fingerprint density at radius 3 is 2.00 bits per heavy atom. The maximum atomic E-state index is 12.2. The molecule has 1 nitrogen and oxygen atoms in total. The van der Waals surface area contributed by atoms with E-state index in [0.717, 1.165) is 23.1 Å². The van der Waals surface area contributed by atoms with Gasteiger partial charge in [-0.05, 0) is 35.3 Å². The Morgan fingerprint density at radius 2 is 1.45 bits per heavy atom. The highest BCUT2D eigenvalue weighted by molar-refractivity contribution is 6.09. The summed E-state index contributed by atoms with van der Waals surface area (Å²) in [6.07, 6.45) is 6.19. The number of hydrogen-bond donors (Lipinski definition) is 0. The van der Waals surface area contributed by atoms with E-state index in [1.54, 1.807) is 6.08 Å². The van der Waals surface area contributed by atoms with E-state index in [9.17, 15) is 4.79 Å². The standard InChI is InChI=1S/C19H18O/c1-2-18(15-17-11-7-4-8-12-17)19(20)14-13-16-9-5-3-6-10-16/h3-15H,2H2,1H3/b14-13+,18-15+. The number of carbonyl (C=O) groups is 1. The zero-order chi connectivity index (χ0) is 14.2. The van der Waals surface area contributed by atoms with Crippen molar-refractivity contribution in [2.45, 2.75) is 13.3 Å².